The Labute approximate surface area is 116 Å². The van der Waals surface area contributed by atoms with Crippen LogP contribution in [0.1, 0.15) is 47.0 Å². The van der Waals surface area contributed by atoms with Crippen LogP contribution < -0.4 is 5.32 Å². The third kappa shape index (κ3) is 6.41. The first-order valence-electron chi connectivity index (χ1n) is 7.09. The SMILES string of the molecule is CCSC1CCCC1NCC(O)COC(C)(C)C. The van der Waals surface area contributed by atoms with Gasteiger partial charge in [0.1, 0.15) is 0 Å². The van der Waals surface area contributed by atoms with Gasteiger partial charge >= 0.3 is 0 Å². The molecule has 0 aromatic rings. The molecule has 0 amide bonds. The predicted molar refractivity (Wildman–Crippen MR) is 79.3 cm³/mol. The van der Waals surface area contributed by atoms with Gasteiger partial charge in [-0.25, -0.2) is 0 Å². The van der Waals surface area contributed by atoms with E-state index in [0.29, 0.717) is 19.2 Å². The number of aliphatic hydroxyl groups is 1. The highest BCUT2D eigenvalue weighted by molar-refractivity contribution is 7.99. The molecule has 1 fully saturated rings. The summed E-state index contributed by atoms with van der Waals surface area (Å²) in [6.07, 6.45) is 3.45. The van der Waals surface area contributed by atoms with E-state index in [9.17, 15) is 5.11 Å². The maximum atomic E-state index is 9.89. The average Bonchev–Trinajstić information content (AvgIpc) is 2.71. The number of hydrogen-bond donors (Lipinski definition) is 2. The molecule has 0 spiro atoms. The molecule has 108 valence electrons. The minimum atomic E-state index is -0.405. The third-order valence-corrected chi connectivity index (χ3v) is 4.48. The van der Waals surface area contributed by atoms with Gasteiger partial charge < -0.3 is 15.2 Å². The quantitative estimate of drug-likeness (QED) is 0.749. The Morgan fingerprint density at radius 3 is 2.72 bits per heavy atom. The molecule has 0 aromatic heterocycles. The zero-order valence-corrected chi connectivity index (χ0v) is 13.1. The van der Waals surface area contributed by atoms with Crippen molar-refractivity contribution in [1.29, 1.82) is 0 Å². The Morgan fingerprint density at radius 2 is 2.11 bits per heavy atom. The van der Waals surface area contributed by atoms with Gasteiger partial charge in [0.25, 0.3) is 0 Å². The zero-order valence-electron chi connectivity index (χ0n) is 12.2. The van der Waals surface area contributed by atoms with Gasteiger partial charge in [0.05, 0.1) is 18.3 Å². The number of hydrogen-bond acceptors (Lipinski definition) is 4. The van der Waals surface area contributed by atoms with Crippen molar-refractivity contribution in [2.75, 3.05) is 18.9 Å². The van der Waals surface area contributed by atoms with Gasteiger partial charge in [0.2, 0.25) is 0 Å². The highest BCUT2D eigenvalue weighted by atomic mass is 32.2. The highest BCUT2D eigenvalue weighted by Crippen LogP contribution is 2.29. The molecule has 3 unspecified atom stereocenters. The van der Waals surface area contributed by atoms with E-state index in [1.54, 1.807) is 0 Å². The summed E-state index contributed by atoms with van der Waals surface area (Å²) in [6.45, 7) is 9.30. The monoisotopic (exact) mass is 275 g/mol. The fraction of sp³-hybridized carbons (Fsp3) is 1.00. The molecule has 0 saturated heterocycles. The number of ether oxygens (including phenoxy) is 1. The Kier molecular flexibility index (Phi) is 6.99. The summed E-state index contributed by atoms with van der Waals surface area (Å²) < 4.78 is 5.59. The molecule has 0 heterocycles. The predicted octanol–water partition coefficient (Wildman–Crippen LogP) is 2.43. The van der Waals surface area contributed by atoms with E-state index in [1.807, 2.05) is 32.5 Å². The normalized spacial score (nSPS) is 26.5. The summed E-state index contributed by atoms with van der Waals surface area (Å²) in [6, 6.07) is 0.569. The van der Waals surface area contributed by atoms with Crippen molar-refractivity contribution >= 4 is 11.8 Å². The lowest BCUT2D eigenvalue weighted by atomic mass is 10.2. The fourth-order valence-electron chi connectivity index (χ4n) is 2.27. The summed E-state index contributed by atoms with van der Waals surface area (Å²) in [5, 5.41) is 14.1. The largest absolute Gasteiger partial charge is 0.389 e. The van der Waals surface area contributed by atoms with Gasteiger partial charge in [-0.1, -0.05) is 13.3 Å². The maximum Gasteiger partial charge on any atom is 0.0898 e. The molecule has 0 bridgehead atoms. The van der Waals surface area contributed by atoms with E-state index >= 15 is 0 Å². The standard InChI is InChI=1S/C14H29NO2S/c1-5-18-13-8-6-7-12(13)15-9-11(16)10-17-14(2,3)4/h11-13,15-16H,5-10H2,1-4H3. The van der Waals surface area contributed by atoms with Gasteiger partial charge in [-0.15, -0.1) is 0 Å². The van der Waals surface area contributed by atoms with Crippen LogP contribution in [0.3, 0.4) is 0 Å². The molecule has 0 aromatic carbocycles. The molecule has 2 N–H and O–H groups in total. The Balaban J connectivity index is 2.19. The Hall–Kier alpha value is 0.230. The second kappa shape index (κ2) is 7.73. The summed E-state index contributed by atoms with van der Waals surface area (Å²) in [5.74, 6) is 1.18. The van der Waals surface area contributed by atoms with Crippen molar-refractivity contribution in [3.8, 4) is 0 Å². The molecule has 4 heteroatoms. The van der Waals surface area contributed by atoms with E-state index < -0.39 is 6.10 Å². The number of thioether (sulfide) groups is 1. The molecule has 3 atom stereocenters. The molecular weight excluding hydrogens is 246 g/mol. The lowest BCUT2D eigenvalue weighted by molar-refractivity contribution is -0.0483. The molecule has 1 rings (SSSR count). The average molecular weight is 275 g/mol. The van der Waals surface area contributed by atoms with E-state index in [4.69, 9.17) is 4.74 Å². The van der Waals surface area contributed by atoms with Crippen molar-refractivity contribution in [1.82, 2.24) is 5.32 Å². The molecule has 0 aliphatic heterocycles. The first-order valence-corrected chi connectivity index (χ1v) is 8.14. The fourth-order valence-corrected chi connectivity index (χ4v) is 3.49. The van der Waals surface area contributed by atoms with Crippen LogP contribution in [-0.2, 0) is 4.74 Å². The summed E-state index contributed by atoms with van der Waals surface area (Å²) in [5.41, 5.74) is -0.172. The lowest BCUT2D eigenvalue weighted by Crippen LogP contribution is -2.41. The highest BCUT2D eigenvalue weighted by Gasteiger charge is 2.27. The molecule has 1 aliphatic rings. The van der Waals surface area contributed by atoms with E-state index in [-0.39, 0.29) is 5.60 Å². The zero-order chi connectivity index (χ0) is 13.6. The minimum absolute atomic E-state index is 0.172. The third-order valence-electron chi connectivity index (χ3n) is 3.16. The number of aliphatic hydroxyl groups excluding tert-OH is 1. The Bertz CT molecular complexity index is 230. The van der Waals surface area contributed by atoms with E-state index in [2.05, 4.69) is 12.2 Å². The molecule has 3 nitrogen and oxygen atoms in total. The van der Waals surface area contributed by atoms with Crippen molar-refractivity contribution in [3.05, 3.63) is 0 Å². The van der Waals surface area contributed by atoms with Crippen molar-refractivity contribution < 1.29 is 9.84 Å². The van der Waals surface area contributed by atoms with E-state index in [0.717, 1.165) is 5.25 Å². The molecule has 1 aliphatic carbocycles. The summed E-state index contributed by atoms with van der Waals surface area (Å²) in [4.78, 5) is 0. The maximum absolute atomic E-state index is 9.89. The van der Waals surface area contributed by atoms with Crippen molar-refractivity contribution in [2.45, 2.75) is 70.0 Å². The van der Waals surface area contributed by atoms with Gasteiger partial charge in [-0.3, -0.25) is 0 Å². The topological polar surface area (TPSA) is 41.5 Å². The van der Waals surface area contributed by atoms with Crippen LogP contribution in [0.25, 0.3) is 0 Å². The van der Waals surface area contributed by atoms with Crippen molar-refractivity contribution in [2.24, 2.45) is 0 Å². The Morgan fingerprint density at radius 1 is 1.39 bits per heavy atom. The molecular formula is C14H29NO2S. The van der Waals surface area contributed by atoms with Crippen LogP contribution in [0.2, 0.25) is 0 Å². The second-order valence-electron chi connectivity index (χ2n) is 6.02. The van der Waals surface area contributed by atoms with Gasteiger partial charge in [-0.2, -0.15) is 11.8 Å². The van der Waals surface area contributed by atoms with E-state index in [1.165, 1.54) is 25.0 Å². The van der Waals surface area contributed by atoms with Gasteiger partial charge in [0.15, 0.2) is 0 Å². The van der Waals surface area contributed by atoms with Crippen LogP contribution in [-0.4, -0.2) is 47.0 Å². The van der Waals surface area contributed by atoms with Crippen LogP contribution in [0.4, 0.5) is 0 Å². The lowest BCUT2D eigenvalue weighted by Gasteiger charge is -2.24. The first kappa shape index (κ1) is 16.3. The van der Waals surface area contributed by atoms with Crippen molar-refractivity contribution in [3.63, 3.8) is 0 Å². The summed E-state index contributed by atoms with van der Waals surface area (Å²) in [7, 11) is 0. The first-order chi connectivity index (χ1) is 8.42. The number of nitrogens with one attached hydrogen (secondary N) is 1. The van der Waals surface area contributed by atoms with Crippen LogP contribution in [0.15, 0.2) is 0 Å². The number of rotatable bonds is 7. The van der Waals surface area contributed by atoms with Gasteiger partial charge in [0, 0.05) is 17.8 Å². The van der Waals surface area contributed by atoms with Crippen LogP contribution in [0.5, 0.6) is 0 Å². The second-order valence-corrected chi connectivity index (χ2v) is 7.53. The molecule has 1 saturated carbocycles. The minimum Gasteiger partial charge on any atom is -0.389 e. The smallest absolute Gasteiger partial charge is 0.0898 e. The summed E-state index contributed by atoms with van der Waals surface area (Å²) >= 11 is 2.04. The van der Waals surface area contributed by atoms with Crippen LogP contribution >= 0.6 is 11.8 Å². The van der Waals surface area contributed by atoms with Crippen LogP contribution in [0, 0.1) is 0 Å². The molecule has 18 heavy (non-hydrogen) atoms. The van der Waals surface area contributed by atoms with Gasteiger partial charge in [-0.05, 0) is 39.4 Å². The molecule has 0 radical (unpaired) electrons.